The molecule has 0 heterocycles. The van der Waals surface area contributed by atoms with Crippen LogP contribution < -0.4 is 5.32 Å². The first-order chi connectivity index (χ1) is 10.2. The van der Waals surface area contributed by atoms with E-state index in [1.165, 1.54) is 0 Å². The van der Waals surface area contributed by atoms with Gasteiger partial charge in [0.25, 0.3) is 5.91 Å². The zero-order valence-electron chi connectivity index (χ0n) is 12.0. The molecule has 3 nitrogen and oxygen atoms in total. The third kappa shape index (κ3) is 4.62. The highest BCUT2D eigenvalue weighted by Crippen LogP contribution is 2.15. The Kier molecular flexibility index (Phi) is 5.84. The number of hydrogen-bond donors (Lipinski definition) is 2. The lowest BCUT2D eigenvalue weighted by molar-refractivity contribution is 0.0916. The number of rotatable bonds is 6. The summed E-state index contributed by atoms with van der Waals surface area (Å²) in [4.78, 5) is 13.3. The van der Waals surface area contributed by atoms with Gasteiger partial charge in [0.1, 0.15) is 0 Å². The standard InChI is InChI=1S/C17H19NO2S/c1-21-16-9-7-14(8-10-16)17(20)18-15(12-19)11-13-5-3-2-4-6-13/h2-10,15,19H,11-12H2,1H3,(H,18,20)/t15-/m0/s1. The van der Waals surface area contributed by atoms with Crippen LogP contribution in [0.25, 0.3) is 0 Å². The highest BCUT2D eigenvalue weighted by atomic mass is 32.2. The molecule has 2 aromatic rings. The molecule has 0 aliphatic rings. The number of nitrogens with one attached hydrogen (secondary N) is 1. The number of aliphatic hydroxyl groups is 1. The van der Waals surface area contributed by atoms with Gasteiger partial charge in [0, 0.05) is 10.5 Å². The van der Waals surface area contributed by atoms with Crippen LogP contribution in [0, 0.1) is 0 Å². The summed E-state index contributed by atoms with van der Waals surface area (Å²) < 4.78 is 0. The van der Waals surface area contributed by atoms with Gasteiger partial charge in [0.05, 0.1) is 12.6 Å². The minimum Gasteiger partial charge on any atom is -0.394 e. The first-order valence-corrected chi connectivity index (χ1v) is 8.05. The number of carbonyl (C=O) groups is 1. The zero-order valence-corrected chi connectivity index (χ0v) is 12.8. The second-order valence-corrected chi connectivity index (χ2v) is 5.65. The van der Waals surface area contributed by atoms with Crippen LogP contribution in [0.5, 0.6) is 0 Å². The van der Waals surface area contributed by atoms with E-state index in [-0.39, 0.29) is 18.6 Å². The van der Waals surface area contributed by atoms with E-state index in [0.717, 1.165) is 10.5 Å². The first-order valence-electron chi connectivity index (χ1n) is 6.82. The molecule has 4 heteroatoms. The molecule has 2 aromatic carbocycles. The van der Waals surface area contributed by atoms with Crippen molar-refractivity contribution in [1.29, 1.82) is 0 Å². The average molecular weight is 301 g/mol. The van der Waals surface area contributed by atoms with Crippen molar-refractivity contribution in [3.63, 3.8) is 0 Å². The predicted molar refractivity (Wildman–Crippen MR) is 86.7 cm³/mol. The predicted octanol–water partition coefficient (Wildman–Crippen LogP) is 2.74. The van der Waals surface area contributed by atoms with Crippen molar-refractivity contribution < 1.29 is 9.90 Å². The fourth-order valence-electron chi connectivity index (χ4n) is 2.07. The number of amides is 1. The summed E-state index contributed by atoms with van der Waals surface area (Å²) in [6.07, 6.45) is 2.61. The average Bonchev–Trinajstić information content (AvgIpc) is 2.55. The third-order valence-electron chi connectivity index (χ3n) is 3.23. The van der Waals surface area contributed by atoms with Gasteiger partial charge in [-0.05, 0) is 42.5 Å². The van der Waals surface area contributed by atoms with Crippen LogP contribution in [0.3, 0.4) is 0 Å². The molecule has 0 bridgehead atoms. The van der Waals surface area contributed by atoms with Crippen LogP contribution in [-0.2, 0) is 6.42 Å². The SMILES string of the molecule is CSc1ccc(C(=O)N[C@H](CO)Cc2ccccc2)cc1. The lowest BCUT2D eigenvalue weighted by atomic mass is 10.1. The van der Waals surface area contributed by atoms with Gasteiger partial charge in [-0.25, -0.2) is 0 Å². The van der Waals surface area contributed by atoms with Crippen molar-refractivity contribution in [2.75, 3.05) is 12.9 Å². The Morgan fingerprint density at radius 1 is 1.14 bits per heavy atom. The van der Waals surface area contributed by atoms with Gasteiger partial charge in [-0.3, -0.25) is 4.79 Å². The largest absolute Gasteiger partial charge is 0.394 e. The minimum atomic E-state index is -0.278. The summed E-state index contributed by atoms with van der Waals surface area (Å²) in [5.74, 6) is -0.155. The Bertz CT molecular complexity index is 569. The smallest absolute Gasteiger partial charge is 0.251 e. The van der Waals surface area contributed by atoms with Crippen LogP contribution >= 0.6 is 11.8 Å². The van der Waals surface area contributed by atoms with Crippen LogP contribution in [0.1, 0.15) is 15.9 Å². The van der Waals surface area contributed by atoms with E-state index >= 15 is 0 Å². The van der Waals surface area contributed by atoms with E-state index in [0.29, 0.717) is 12.0 Å². The molecular weight excluding hydrogens is 282 g/mol. The molecule has 110 valence electrons. The fraction of sp³-hybridized carbons (Fsp3) is 0.235. The van der Waals surface area contributed by atoms with Gasteiger partial charge in [-0.2, -0.15) is 0 Å². The molecule has 0 radical (unpaired) electrons. The summed E-state index contributed by atoms with van der Waals surface area (Å²) >= 11 is 1.64. The zero-order chi connectivity index (χ0) is 15.1. The van der Waals surface area contributed by atoms with Crippen LogP contribution in [0.4, 0.5) is 0 Å². The maximum atomic E-state index is 12.2. The third-order valence-corrected chi connectivity index (χ3v) is 3.98. The van der Waals surface area contributed by atoms with Crippen LogP contribution in [-0.4, -0.2) is 29.9 Å². The molecule has 0 aromatic heterocycles. The van der Waals surface area contributed by atoms with E-state index in [1.807, 2.05) is 48.7 Å². The van der Waals surface area contributed by atoms with E-state index in [2.05, 4.69) is 5.32 Å². The van der Waals surface area contributed by atoms with Crippen LogP contribution in [0.2, 0.25) is 0 Å². The summed E-state index contributed by atoms with van der Waals surface area (Å²) in [5.41, 5.74) is 1.70. The molecule has 0 fully saturated rings. The molecule has 2 rings (SSSR count). The Labute approximate surface area is 129 Å². The first kappa shape index (κ1) is 15.6. The van der Waals surface area contributed by atoms with Crippen molar-refractivity contribution in [3.05, 3.63) is 65.7 Å². The molecule has 21 heavy (non-hydrogen) atoms. The number of hydrogen-bond acceptors (Lipinski definition) is 3. The number of benzene rings is 2. The number of aliphatic hydroxyl groups excluding tert-OH is 1. The normalized spacial score (nSPS) is 11.9. The monoisotopic (exact) mass is 301 g/mol. The lowest BCUT2D eigenvalue weighted by Gasteiger charge is -2.16. The van der Waals surface area contributed by atoms with E-state index < -0.39 is 0 Å². The highest BCUT2D eigenvalue weighted by molar-refractivity contribution is 7.98. The topological polar surface area (TPSA) is 49.3 Å². The Balaban J connectivity index is 1.98. The van der Waals surface area contributed by atoms with E-state index in [9.17, 15) is 9.90 Å². The molecule has 1 amide bonds. The second kappa shape index (κ2) is 7.86. The maximum absolute atomic E-state index is 12.2. The molecule has 0 aliphatic heterocycles. The molecule has 0 spiro atoms. The summed E-state index contributed by atoms with van der Waals surface area (Å²) in [6.45, 7) is -0.0798. The van der Waals surface area contributed by atoms with Crippen molar-refractivity contribution in [3.8, 4) is 0 Å². The van der Waals surface area contributed by atoms with Crippen molar-refractivity contribution in [2.45, 2.75) is 17.4 Å². The van der Waals surface area contributed by atoms with Crippen molar-refractivity contribution >= 4 is 17.7 Å². The summed E-state index contributed by atoms with van der Waals surface area (Å²) in [6, 6.07) is 17.0. The Hall–Kier alpha value is -1.78. The van der Waals surface area contributed by atoms with Gasteiger partial charge in [0.15, 0.2) is 0 Å². The molecule has 0 saturated carbocycles. The van der Waals surface area contributed by atoms with Crippen LogP contribution in [0.15, 0.2) is 59.5 Å². The molecule has 0 unspecified atom stereocenters. The van der Waals surface area contributed by atoms with E-state index in [4.69, 9.17) is 0 Å². The lowest BCUT2D eigenvalue weighted by Crippen LogP contribution is -2.39. The van der Waals surface area contributed by atoms with Crippen molar-refractivity contribution in [1.82, 2.24) is 5.32 Å². The molecule has 2 N–H and O–H groups in total. The highest BCUT2D eigenvalue weighted by Gasteiger charge is 2.13. The Morgan fingerprint density at radius 2 is 1.81 bits per heavy atom. The van der Waals surface area contributed by atoms with Gasteiger partial charge in [-0.1, -0.05) is 30.3 Å². The summed E-state index contributed by atoms with van der Waals surface area (Å²) in [7, 11) is 0. The molecular formula is C17H19NO2S. The Morgan fingerprint density at radius 3 is 2.38 bits per heavy atom. The summed E-state index contributed by atoms with van der Waals surface area (Å²) in [5, 5.41) is 12.3. The van der Waals surface area contributed by atoms with E-state index in [1.54, 1.807) is 23.9 Å². The minimum absolute atomic E-state index is 0.0798. The van der Waals surface area contributed by atoms with Gasteiger partial charge >= 0.3 is 0 Å². The quantitative estimate of drug-likeness (QED) is 0.807. The molecule has 1 atom stereocenters. The number of thioether (sulfide) groups is 1. The fourth-order valence-corrected chi connectivity index (χ4v) is 2.48. The van der Waals surface area contributed by atoms with Crippen molar-refractivity contribution in [2.24, 2.45) is 0 Å². The number of carbonyl (C=O) groups excluding carboxylic acids is 1. The van der Waals surface area contributed by atoms with Gasteiger partial charge in [-0.15, -0.1) is 11.8 Å². The van der Waals surface area contributed by atoms with Gasteiger partial charge < -0.3 is 10.4 Å². The molecule has 0 saturated heterocycles. The molecule has 0 aliphatic carbocycles. The second-order valence-electron chi connectivity index (χ2n) is 4.77. The van der Waals surface area contributed by atoms with Gasteiger partial charge in [0.2, 0.25) is 0 Å². The maximum Gasteiger partial charge on any atom is 0.251 e.